The lowest BCUT2D eigenvalue weighted by Crippen LogP contribution is -2.19. The maximum atomic E-state index is 13.6. The van der Waals surface area contributed by atoms with Crippen LogP contribution in [0.1, 0.15) is 37.8 Å². The average molecular weight is 223 g/mol. The van der Waals surface area contributed by atoms with Crippen LogP contribution in [0, 0.1) is 11.7 Å². The number of benzene rings is 1. The van der Waals surface area contributed by atoms with Crippen molar-refractivity contribution in [3.63, 3.8) is 0 Å². The van der Waals surface area contributed by atoms with Crippen molar-refractivity contribution in [3.05, 3.63) is 29.6 Å². The van der Waals surface area contributed by atoms with E-state index in [9.17, 15) is 4.39 Å². The summed E-state index contributed by atoms with van der Waals surface area (Å²) in [6, 6.07) is 4.65. The Balaban J connectivity index is 1.97. The third kappa shape index (κ3) is 2.53. The van der Waals surface area contributed by atoms with E-state index >= 15 is 0 Å². The summed E-state index contributed by atoms with van der Waals surface area (Å²) in [6.45, 7) is 2.48. The molecule has 1 aliphatic carbocycles. The van der Waals surface area contributed by atoms with Crippen molar-refractivity contribution in [2.24, 2.45) is 11.7 Å². The Kier molecular flexibility index (Phi) is 3.44. The highest BCUT2D eigenvalue weighted by molar-refractivity contribution is 5.30. The molecule has 1 aromatic carbocycles. The topological polar surface area (TPSA) is 35.2 Å². The van der Waals surface area contributed by atoms with Crippen LogP contribution < -0.4 is 10.5 Å². The molecule has 0 bridgehead atoms. The van der Waals surface area contributed by atoms with Crippen LogP contribution in [-0.4, -0.2) is 6.61 Å². The van der Waals surface area contributed by atoms with Gasteiger partial charge in [-0.15, -0.1) is 0 Å². The van der Waals surface area contributed by atoms with E-state index in [-0.39, 0.29) is 11.9 Å². The van der Waals surface area contributed by atoms with Crippen LogP contribution in [0.4, 0.5) is 4.39 Å². The molecular weight excluding hydrogens is 205 g/mol. The summed E-state index contributed by atoms with van der Waals surface area (Å²) in [7, 11) is 0. The summed E-state index contributed by atoms with van der Waals surface area (Å²) < 4.78 is 19.1. The highest BCUT2D eigenvalue weighted by Gasteiger charge is 2.18. The van der Waals surface area contributed by atoms with Gasteiger partial charge in [0.1, 0.15) is 11.6 Å². The van der Waals surface area contributed by atoms with Crippen LogP contribution >= 0.6 is 0 Å². The summed E-state index contributed by atoms with van der Waals surface area (Å²) in [5, 5.41) is 0. The van der Waals surface area contributed by atoms with Crippen molar-refractivity contribution in [3.8, 4) is 5.75 Å². The summed E-state index contributed by atoms with van der Waals surface area (Å²) in [4.78, 5) is 0. The molecule has 1 aromatic rings. The largest absolute Gasteiger partial charge is 0.493 e. The van der Waals surface area contributed by atoms with E-state index in [1.165, 1.54) is 25.3 Å². The Morgan fingerprint density at radius 1 is 1.50 bits per heavy atom. The Morgan fingerprint density at radius 2 is 2.25 bits per heavy atom. The van der Waals surface area contributed by atoms with Gasteiger partial charge in [0.05, 0.1) is 6.61 Å². The summed E-state index contributed by atoms with van der Waals surface area (Å²) >= 11 is 0. The second kappa shape index (κ2) is 4.83. The fourth-order valence-electron chi connectivity index (χ4n) is 1.84. The molecule has 1 fully saturated rings. The van der Waals surface area contributed by atoms with Gasteiger partial charge in [0.25, 0.3) is 0 Å². The lowest BCUT2D eigenvalue weighted by atomic mass is 9.86. The molecule has 1 atom stereocenters. The maximum Gasteiger partial charge on any atom is 0.131 e. The molecule has 2 nitrogen and oxygen atoms in total. The molecular formula is C13H18FNO. The quantitative estimate of drug-likeness (QED) is 0.851. The molecule has 16 heavy (non-hydrogen) atoms. The molecule has 0 saturated heterocycles. The van der Waals surface area contributed by atoms with Crippen LogP contribution in [0.15, 0.2) is 18.2 Å². The van der Waals surface area contributed by atoms with E-state index in [4.69, 9.17) is 10.5 Å². The third-order valence-electron chi connectivity index (χ3n) is 3.17. The Morgan fingerprint density at radius 3 is 2.75 bits per heavy atom. The number of hydrogen-bond donors (Lipinski definition) is 1. The van der Waals surface area contributed by atoms with Gasteiger partial charge in [0, 0.05) is 17.7 Å². The fraction of sp³-hybridized carbons (Fsp3) is 0.538. The third-order valence-corrected chi connectivity index (χ3v) is 3.17. The van der Waals surface area contributed by atoms with Gasteiger partial charge in [-0.3, -0.25) is 0 Å². The number of halogens is 1. The van der Waals surface area contributed by atoms with Crippen molar-refractivity contribution in [1.29, 1.82) is 0 Å². The monoisotopic (exact) mass is 223 g/mol. The lowest BCUT2D eigenvalue weighted by molar-refractivity contribution is 0.180. The first kappa shape index (κ1) is 11.4. The SMILES string of the molecule is C[C@H](N)c1ccc(OCC2CCC2)cc1F. The van der Waals surface area contributed by atoms with Gasteiger partial charge in [-0.1, -0.05) is 12.5 Å². The summed E-state index contributed by atoms with van der Waals surface area (Å²) in [5.74, 6) is 0.992. The molecule has 1 saturated carbocycles. The van der Waals surface area contributed by atoms with Gasteiger partial charge in [-0.25, -0.2) is 4.39 Å². The van der Waals surface area contributed by atoms with Gasteiger partial charge < -0.3 is 10.5 Å². The highest BCUT2D eigenvalue weighted by Crippen LogP contribution is 2.27. The second-order valence-electron chi connectivity index (χ2n) is 4.58. The van der Waals surface area contributed by atoms with Gasteiger partial charge in [0.15, 0.2) is 0 Å². The number of hydrogen-bond acceptors (Lipinski definition) is 2. The van der Waals surface area contributed by atoms with Crippen LogP contribution in [-0.2, 0) is 0 Å². The minimum atomic E-state index is -0.277. The smallest absolute Gasteiger partial charge is 0.131 e. The Hall–Kier alpha value is -1.09. The Bertz CT molecular complexity index is 361. The number of rotatable bonds is 4. The van der Waals surface area contributed by atoms with E-state index in [1.807, 2.05) is 0 Å². The van der Waals surface area contributed by atoms with E-state index in [0.717, 1.165) is 0 Å². The minimum absolute atomic E-state index is 0.277. The molecule has 0 amide bonds. The number of ether oxygens (including phenoxy) is 1. The standard InChI is InChI=1S/C13H18FNO/c1-9(15)12-6-5-11(7-13(12)14)16-8-10-3-2-4-10/h5-7,9-10H,2-4,8,15H2,1H3/t9-/m0/s1. The summed E-state index contributed by atoms with van der Waals surface area (Å²) in [5.41, 5.74) is 6.17. The molecule has 88 valence electrons. The maximum absolute atomic E-state index is 13.6. The van der Waals surface area contributed by atoms with Crippen molar-refractivity contribution in [2.45, 2.75) is 32.2 Å². The number of nitrogens with two attached hydrogens (primary N) is 1. The molecule has 0 aliphatic heterocycles. The molecule has 3 heteroatoms. The molecule has 0 radical (unpaired) electrons. The van der Waals surface area contributed by atoms with E-state index < -0.39 is 0 Å². The molecule has 1 aliphatic rings. The van der Waals surface area contributed by atoms with Gasteiger partial charge in [-0.05, 0) is 31.7 Å². The average Bonchev–Trinajstić information content (AvgIpc) is 2.14. The van der Waals surface area contributed by atoms with Gasteiger partial charge in [0.2, 0.25) is 0 Å². The van der Waals surface area contributed by atoms with Crippen molar-refractivity contribution in [2.75, 3.05) is 6.61 Å². The normalized spacial score (nSPS) is 17.9. The molecule has 0 spiro atoms. The van der Waals surface area contributed by atoms with Crippen molar-refractivity contribution in [1.82, 2.24) is 0 Å². The first-order valence-corrected chi connectivity index (χ1v) is 5.84. The molecule has 2 rings (SSSR count). The van der Waals surface area contributed by atoms with E-state index in [2.05, 4.69) is 0 Å². The Labute approximate surface area is 95.6 Å². The predicted octanol–water partition coefficient (Wildman–Crippen LogP) is 3.02. The lowest BCUT2D eigenvalue weighted by Gasteiger charge is -2.25. The highest BCUT2D eigenvalue weighted by atomic mass is 19.1. The minimum Gasteiger partial charge on any atom is -0.493 e. The fourth-order valence-corrected chi connectivity index (χ4v) is 1.84. The van der Waals surface area contributed by atoms with Gasteiger partial charge >= 0.3 is 0 Å². The molecule has 0 unspecified atom stereocenters. The van der Waals surface area contributed by atoms with Crippen LogP contribution in [0.3, 0.4) is 0 Å². The first-order chi connectivity index (χ1) is 7.66. The zero-order chi connectivity index (χ0) is 11.5. The van der Waals surface area contributed by atoms with E-state index in [1.54, 1.807) is 19.1 Å². The predicted molar refractivity (Wildman–Crippen MR) is 61.8 cm³/mol. The van der Waals surface area contributed by atoms with Crippen LogP contribution in [0.2, 0.25) is 0 Å². The molecule has 0 aromatic heterocycles. The van der Waals surface area contributed by atoms with E-state index in [0.29, 0.717) is 23.8 Å². The van der Waals surface area contributed by atoms with Gasteiger partial charge in [-0.2, -0.15) is 0 Å². The first-order valence-electron chi connectivity index (χ1n) is 5.84. The van der Waals surface area contributed by atoms with Crippen molar-refractivity contribution < 1.29 is 9.13 Å². The van der Waals surface area contributed by atoms with Crippen LogP contribution in [0.5, 0.6) is 5.75 Å². The molecule has 2 N–H and O–H groups in total. The zero-order valence-electron chi connectivity index (χ0n) is 9.58. The van der Waals surface area contributed by atoms with Crippen LogP contribution in [0.25, 0.3) is 0 Å². The molecule has 0 heterocycles. The zero-order valence-corrected chi connectivity index (χ0v) is 9.58. The second-order valence-corrected chi connectivity index (χ2v) is 4.58. The summed E-state index contributed by atoms with van der Waals surface area (Å²) in [6.07, 6.45) is 3.77. The van der Waals surface area contributed by atoms with Crippen molar-refractivity contribution >= 4 is 0 Å².